The number of likely N-dealkylation sites (tertiary alicyclic amines) is 1. The smallest absolute Gasteiger partial charge is 0.248 e. The Morgan fingerprint density at radius 2 is 2.22 bits per heavy atom. The normalized spacial score (nSPS) is 17.0. The molecule has 2 heterocycles. The Morgan fingerprint density at radius 1 is 1.52 bits per heavy atom. The molecule has 1 saturated heterocycles. The molecule has 128 valence electrons. The van der Waals surface area contributed by atoms with Gasteiger partial charge in [0.05, 0.1) is 5.56 Å². The number of hydrogen-bond acceptors (Lipinski definition) is 7. The summed E-state index contributed by atoms with van der Waals surface area (Å²) in [5, 5.41) is 19.9. The van der Waals surface area contributed by atoms with Gasteiger partial charge in [-0.1, -0.05) is 13.8 Å². The average Bonchev–Trinajstić information content (AvgIpc) is 2.56. The number of nitrogen functional groups attached to an aromatic ring is 1. The monoisotopic (exact) mass is 322 g/mol. The van der Waals surface area contributed by atoms with Gasteiger partial charge < -0.3 is 26.5 Å². The second-order valence-electron chi connectivity index (χ2n) is 5.09. The zero-order valence-electron chi connectivity index (χ0n) is 14.0. The molecule has 0 radical (unpaired) electrons. The molecule has 8 heteroatoms. The molecule has 2 rings (SSSR count). The van der Waals surface area contributed by atoms with Crippen LogP contribution in [0.25, 0.3) is 0 Å². The van der Waals surface area contributed by atoms with E-state index >= 15 is 0 Å². The number of piperidine rings is 1. The summed E-state index contributed by atoms with van der Waals surface area (Å²) < 4.78 is 0. The molecule has 1 aliphatic rings. The molecule has 1 unspecified atom stereocenters. The quantitative estimate of drug-likeness (QED) is 0.609. The first-order valence-corrected chi connectivity index (χ1v) is 7.84. The Hall–Kier alpha value is -2.22. The minimum absolute atomic E-state index is 0.0154. The molecule has 1 atom stereocenters. The lowest BCUT2D eigenvalue weighted by atomic mass is 10.0. The Balaban J connectivity index is 0.00000127. The molecule has 1 fully saturated rings. The number of nitrogens with zero attached hydrogens (tertiary/aromatic N) is 3. The van der Waals surface area contributed by atoms with Crippen LogP contribution >= 0.6 is 0 Å². The first kappa shape index (κ1) is 18.8. The van der Waals surface area contributed by atoms with E-state index in [2.05, 4.69) is 15.3 Å². The molecule has 8 nitrogen and oxygen atoms in total. The van der Waals surface area contributed by atoms with E-state index in [1.807, 2.05) is 13.8 Å². The topological polar surface area (TPSA) is 128 Å². The van der Waals surface area contributed by atoms with E-state index in [0.717, 1.165) is 12.8 Å². The minimum atomic E-state index is -0.474. The van der Waals surface area contributed by atoms with Gasteiger partial charge in [-0.15, -0.1) is 0 Å². The Labute approximate surface area is 136 Å². The summed E-state index contributed by atoms with van der Waals surface area (Å²) in [6.45, 7) is 6.31. The fraction of sp³-hybridized carbons (Fsp3) is 0.600. The van der Waals surface area contributed by atoms with Crippen LogP contribution < -0.4 is 11.1 Å². The van der Waals surface area contributed by atoms with E-state index < -0.39 is 6.61 Å². The maximum absolute atomic E-state index is 11.6. The van der Waals surface area contributed by atoms with Gasteiger partial charge in [-0.05, 0) is 19.8 Å². The summed E-state index contributed by atoms with van der Waals surface area (Å²) in [5.41, 5.74) is 6.57. The number of rotatable bonds is 4. The third kappa shape index (κ3) is 4.88. The van der Waals surface area contributed by atoms with Crippen LogP contribution in [0.15, 0.2) is 6.33 Å². The van der Waals surface area contributed by atoms with Gasteiger partial charge >= 0.3 is 0 Å². The highest BCUT2D eigenvalue weighted by molar-refractivity contribution is 6.04. The van der Waals surface area contributed by atoms with Gasteiger partial charge in [0.2, 0.25) is 5.91 Å². The van der Waals surface area contributed by atoms with Crippen LogP contribution in [-0.2, 0) is 4.79 Å². The summed E-state index contributed by atoms with van der Waals surface area (Å²) in [5.74, 6) is 0.504. The molecule has 1 amide bonds. The predicted octanol–water partition coefficient (Wildman–Crippen LogP) is 0.868. The number of aliphatic hydroxyl groups excluding tert-OH is 1. The SMILES string of the molecule is CC.CC(=N)c1c(N)ncnc1NC1CCCN(C(=O)CO)C1. The highest BCUT2D eigenvalue weighted by atomic mass is 16.3. The standard InChI is InChI=1S/C13H20N6O2.C2H6/c1-8(14)11-12(15)16-7-17-13(11)18-9-3-2-4-19(5-9)10(21)6-20;1-2/h7,9,14,20H,2-6H2,1H3,(H3,15,16,17,18);1-2H3. The van der Waals surface area contributed by atoms with Crippen LogP contribution in [0.5, 0.6) is 0 Å². The lowest BCUT2D eigenvalue weighted by Crippen LogP contribution is -2.46. The molecule has 0 spiro atoms. The molecule has 0 saturated carbocycles. The van der Waals surface area contributed by atoms with Gasteiger partial charge in [0, 0.05) is 24.8 Å². The fourth-order valence-electron chi connectivity index (χ4n) is 2.49. The van der Waals surface area contributed by atoms with E-state index in [9.17, 15) is 4.79 Å². The molecule has 1 aromatic heterocycles. The van der Waals surface area contributed by atoms with E-state index in [-0.39, 0.29) is 23.5 Å². The number of aliphatic hydroxyl groups is 1. The molecule has 0 aromatic carbocycles. The van der Waals surface area contributed by atoms with Crippen molar-refractivity contribution in [1.29, 1.82) is 5.41 Å². The molecule has 0 bridgehead atoms. The number of hydrogen-bond donors (Lipinski definition) is 4. The number of aromatic nitrogens is 2. The van der Waals surface area contributed by atoms with Crippen LogP contribution in [0, 0.1) is 5.41 Å². The van der Waals surface area contributed by atoms with Gasteiger partial charge in [-0.3, -0.25) is 4.79 Å². The van der Waals surface area contributed by atoms with Crippen LogP contribution in [0.4, 0.5) is 11.6 Å². The third-order valence-electron chi connectivity index (χ3n) is 3.50. The summed E-state index contributed by atoms with van der Waals surface area (Å²) >= 11 is 0. The van der Waals surface area contributed by atoms with Crippen molar-refractivity contribution in [2.75, 3.05) is 30.7 Å². The lowest BCUT2D eigenvalue weighted by Gasteiger charge is -2.33. The molecule has 1 aromatic rings. The molecule has 23 heavy (non-hydrogen) atoms. The van der Waals surface area contributed by atoms with E-state index in [4.69, 9.17) is 16.2 Å². The lowest BCUT2D eigenvalue weighted by molar-refractivity contribution is -0.135. The molecular formula is C15H26N6O2. The van der Waals surface area contributed by atoms with Crippen molar-refractivity contribution in [3.8, 4) is 0 Å². The number of nitrogens with one attached hydrogen (secondary N) is 2. The number of carbonyl (C=O) groups is 1. The van der Waals surface area contributed by atoms with Crippen molar-refractivity contribution in [3.05, 3.63) is 11.9 Å². The fourth-order valence-corrected chi connectivity index (χ4v) is 2.49. The summed E-state index contributed by atoms with van der Waals surface area (Å²) in [6.07, 6.45) is 3.09. The van der Waals surface area contributed by atoms with Crippen LogP contribution in [0.2, 0.25) is 0 Å². The van der Waals surface area contributed by atoms with Crippen LogP contribution in [-0.4, -0.2) is 57.3 Å². The maximum atomic E-state index is 11.6. The third-order valence-corrected chi connectivity index (χ3v) is 3.50. The van der Waals surface area contributed by atoms with Gasteiger partial charge in [0.25, 0.3) is 0 Å². The molecule has 5 N–H and O–H groups in total. The van der Waals surface area contributed by atoms with Gasteiger partial charge in [-0.2, -0.15) is 0 Å². The number of nitrogens with two attached hydrogens (primary N) is 1. The van der Waals surface area contributed by atoms with Crippen molar-refractivity contribution < 1.29 is 9.90 Å². The number of amides is 1. The van der Waals surface area contributed by atoms with E-state index in [1.165, 1.54) is 6.33 Å². The Bertz CT molecular complexity index is 549. The predicted molar refractivity (Wildman–Crippen MR) is 90.6 cm³/mol. The average molecular weight is 322 g/mol. The summed E-state index contributed by atoms with van der Waals surface area (Å²) in [6, 6.07) is 0.0154. The second kappa shape index (κ2) is 9.04. The number of anilines is 2. The highest BCUT2D eigenvalue weighted by Crippen LogP contribution is 2.21. The first-order chi connectivity index (χ1) is 11.0. The Kier molecular flexibility index (Phi) is 7.40. The summed E-state index contributed by atoms with van der Waals surface area (Å²) in [7, 11) is 0. The van der Waals surface area contributed by atoms with Crippen molar-refractivity contribution >= 4 is 23.3 Å². The highest BCUT2D eigenvalue weighted by Gasteiger charge is 2.24. The van der Waals surface area contributed by atoms with Crippen molar-refractivity contribution in [1.82, 2.24) is 14.9 Å². The van der Waals surface area contributed by atoms with Gasteiger partial charge in [0.15, 0.2) is 0 Å². The molecular weight excluding hydrogens is 296 g/mol. The van der Waals surface area contributed by atoms with Crippen molar-refractivity contribution in [3.63, 3.8) is 0 Å². The Morgan fingerprint density at radius 3 is 2.83 bits per heavy atom. The van der Waals surface area contributed by atoms with Crippen molar-refractivity contribution in [2.24, 2.45) is 0 Å². The number of carbonyl (C=O) groups excluding carboxylic acids is 1. The zero-order chi connectivity index (χ0) is 17.4. The van der Waals surface area contributed by atoms with E-state index in [1.54, 1.807) is 11.8 Å². The largest absolute Gasteiger partial charge is 0.387 e. The second-order valence-corrected chi connectivity index (χ2v) is 5.09. The molecule has 1 aliphatic heterocycles. The van der Waals surface area contributed by atoms with Gasteiger partial charge in [0.1, 0.15) is 24.6 Å². The zero-order valence-corrected chi connectivity index (χ0v) is 14.0. The molecule has 0 aliphatic carbocycles. The maximum Gasteiger partial charge on any atom is 0.248 e. The summed E-state index contributed by atoms with van der Waals surface area (Å²) in [4.78, 5) is 21.2. The van der Waals surface area contributed by atoms with Crippen molar-refractivity contribution in [2.45, 2.75) is 39.7 Å². The van der Waals surface area contributed by atoms with E-state index in [0.29, 0.717) is 24.5 Å². The first-order valence-electron chi connectivity index (χ1n) is 7.84. The van der Waals surface area contributed by atoms with Crippen LogP contribution in [0.1, 0.15) is 39.2 Å². The minimum Gasteiger partial charge on any atom is -0.387 e. The van der Waals surface area contributed by atoms with Gasteiger partial charge in [-0.25, -0.2) is 9.97 Å². The van der Waals surface area contributed by atoms with Crippen LogP contribution in [0.3, 0.4) is 0 Å².